The number of aromatic nitrogens is 3. The van der Waals surface area contributed by atoms with Crippen LogP contribution in [0, 0.1) is 11.3 Å². The van der Waals surface area contributed by atoms with Crippen LogP contribution in [-0.2, 0) is 5.41 Å². The number of rotatable bonds is 3. The maximum atomic E-state index is 8.81. The number of nitriles is 1. The lowest BCUT2D eigenvalue weighted by molar-refractivity contribution is 0.383. The summed E-state index contributed by atoms with van der Waals surface area (Å²) in [6.45, 7) is 8.17. The van der Waals surface area contributed by atoms with E-state index in [9.17, 15) is 0 Å². The Morgan fingerprint density at radius 3 is 2.57 bits per heavy atom. The molecule has 0 radical (unpaired) electrons. The van der Waals surface area contributed by atoms with E-state index in [1.807, 2.05) is 13.0 Å². The van der Waals surface area contributed by atoms with E-state index in [0.29, 0.717) is 11.0 Å². The van der Waals surface area contributed by atoms with Gasteiger partial charge < -0.3 is 10.2 Å². The summed E-state index contributed by atoms with van der Waals surface area (Å²) >= 11 is 1.39. The van der Waals surface area contributed by atoms with E-state index in [-0.39, 0.29) is 22.0 Å². The molecular weight excluding hydrogens is 286 g/mol. The van der Waals surface area contributed by atoms with Crippen molar-refractivity contribution in [1.29, 1.82) is 5.26 Å². The molecule has 0 saturated heterocycles. The van der Waals surface area contributed by atoms with Crippen molar-refractivity contribution < 1.29 is 4.42 Å². The molecule has 0 amide bonds. The predicted molar refractivity (Wildman–Crippen MR) is 80.6 cm³/mol. The predicted octanol–water partition coefficient (Wildman–Crippen LogP) is 3.07. The average Bonchev–Trinajstić information content (AvgIpc) is 2.88. The van der Waals surface area contributed by atoms with Crippen molar-refractivity contribution in [3.05, 3.63) is 29.6 Å². The molecule has 21 heavy (non-hydrogen) atoms. The second-order valence-corrected chi connectivity index (χ2v) is 6.94. The van der Waals surface area contributed by atoms with Crippen molar-refractivity contribution in [2.45, 2.75) is 43.5 Å². The highest BCUT2D eigenvalue weighted by atomic mass is 32.2. The van der Waals surface area contributed by atoms with Crippen molar-refractivity contribution in [3.63, 3.8) is 0 Å². The number of nitrogens with zero attached hydrogens (tertiary/aromatic N) is 4. The smallest absolute Gasteiger partial charge is 0.207 e. The van der Waals surface area contributed by atoms with Crippen molar-refractivity contribution in [2.75, 3.05) is 5.73 Å². The molecule has 0 aliphatic rings. The number of hydrogen-bond donors (Lipinski definition) is 1. The maximum Gasteiger partial charge on any atom is 0.207 e. The molecule has 0 aliphatic heterocycles. The Morgan fingerprint density at radius 2 is 2.05 bits per heavy atom. The van der Waals surface area contributed by atoms with E-state index in [4.69, 9.17) is 15.4 Å². The highest BCUT2D eigenvalue weighted by Crippen LogP contribution is 2.34. The SMILES string of the molecule is CC(Sc1ncc(C#N)c(N)n1)c1ncc(C(C)(C)C)o1. The molecule has 1 atom stereocenters. The Balaban J connectivity index is 2.15. The molecule has 2 aromatic rings. The Morgan fingerprint density at radius 1 is 1.33 bits per heavy atom. The number of hydrogen-bond acceptors (Lipinski definition) is 7. The summed E-state index contributed by atoms with van der Waals surface area (Å²) in [5, 5.41) is 9.25. The highest BCUT2D eigenvalue weighted by Gasteiger charge is 2.22. The van der Waals surface area contributed by atoms with E-state index in [1.54, 1.807) is 6.20 Å². The lowest BCUT2D eigenvalue weighted by Gasteiger charge is -2.13. The van der Waals surface area contributed by atoms with Crippen LogP contribution in [0.1, 0.15) is 50.2 Å². The van der Waals surface area contributed by atoms with Crippen LogP contribution in [0.2, 0.25) is 0 Å². The molecule has 0 bridgehead atoms. The molecule has 1 unspecified atom stereocenters. The van der Waals surface area contributed by atoms with Crippen LogP contribution in [0.5, 0.6) is 0 Å². The van der Waals surface area contributed by atoms with Crippen molar-refractivity contribution in [3.8, 4) is 6.07 Å². The monoisotopic (exact) mass is 303 g/mol. The van der Waals surface area contributed by atoms with Crippen LogP contribution < -0.4 is 5.73 Å². The fraction of sp³-hybridized carbons (Fsp3) is 0.429. The lowest BCUT2D eigenvalue weighted by Crippen LogP contribution is -2.09. The summed E-state index contributed by atoms with van der Waals surface area (Å²) < 4.78 is 5.79. The molecule has 0 saturated carbocycles. The largest absolute Gasteiger partial charge is 0.444 e. The van der Waals surface area contributed by atoms with E-state index < -0.39 is 0 Å². The van der Waals surface area contributed by atoms with Gasteiger partial charge in [0.05, 0.1) is 17.6 Å². The number of thioether (sulfide) groups is 1. The lowest BCUT2D eigenvalue weighted by atomic mass is 9.94. The van der Waals surface area contributed by atoms with Gasteiger partial charge in [-0.1, -0.05) is 32.5 Å². The first-order chi connectivity index (χ1) is 9.81. The number of nitrogen functional groups attached to an aromatic ring is 1. The summed E-state index contributed by atoms with van der Waals surface area (Å²) in [4.78, 5) is 12.5. The summed E-state index contributed by atoms with van der Waals surface area (Å²) in [7, 11) is 0. The first-order valence-electron chi connectivity index (χ1n) is 6.46. The zero-order valence-electron chi connectivity index (χ0n) is 12.4. The molecule has 2 aromatic heterocycles. The van der Waals surface area contributed by atoms with Gasteiger partial charge in [0, 0.05) is 5.41 Å². The Kier molecular flexibility index (Phi) is 4.19. The van der Waals surface area contributed by atoms with Gasteiger partial charge in [0.1, 0.15) is 23.2 Å². The van der Waals surface area contributed by atoms with Crippen LogP contribution in [0.25, 0.3) is 0 Å². The molecule has 110 valence electrons. The topological polar surface area (TPSA) is 102 Å². The first kappa shape index (κ1) is 15.3. The number of oxazole rings is 1. The minimum absolute atomic E-state index is 0.0477. The highest BCUT2D eigenvalue weighted by molar-refractivity contribution is 7.99. The van der Waals surface area contributed by atoms with Gasteiger partial charge in [0.2, 0.25) is 5.89 Å². The molecule has 0 spiro atoms. The van der Waals surface area contributed by atoms with E-state index in [1.165, 1.54) is 18.0 Å². The van der Waals surface area contributed by atoms with Crippen LogP contribution in [-0.4, -0.2) is 15.0 Å². The number of anilines is 1. The van der Waals surface area contributed by atoms with Gasteiger partial charge in [-0.05, 0) is 6.92 Å². The van der Waals surface area contributed by atoms with Crippen molar-refractivity contribution >= 4 is 17.6 Å². The van der Waals surface area contributed by atoms with Gasteiger partial charge in [-0.25, -0.2) is 15.0 Å². The third-order valence-corrected chi connectivity index (χ3v) is 3.77. The third kappa shape index (κ3) is 3.52. The maximum absolute atomic E-state index is 8.81. The molecule has 2 N–H and O–H groups in total. The van der Waals surface area contributed by atoms with Gasteiger partial charge >= 0.3 is 0 Å². The molecule has 0 fully saturated rings. The second kappa shape index (κ2) is 5.74. The molecule has 6 nitrogen and oxygen atoms in total. The molecule has 0 aromatic carbocycles. The molecule has 7 heteroatoms. The minimum atomic E-state index is -0.0784. The Hall–Kier alpha value is -2.07. The third-order valence-electron chi connectivity index (χ3n) is 2.81. The van der Waals surface area contributed by atoms with Gasteiger partial charge in [-0.2, -0.15) is 5.26 Å². The average molecular weight is 303 g/mol. The van der Waals surface area contributed by atoms with Gasteiger partial charge in [-0.3, -0.25) is 0 Å². The fourth-order valence-corrected chi connectivity index (χ4v) is 2.34. The Labute approximate surface area is 127 Å². The van der Waals surface area contributed by atoms with Gasteiger partial charge in [0.15, 0.2) is 5.16 Å². The van der Waals surface area contributed by atoms with Gasteiger partial charge in [-0.15, -0.1) is 0 Å². The summed E-state index contributed by atoms with van der Waals surface area (Å²) in [6.07, 6.45) is 3.17. The van der Waals surface area contributed by atoms with Crippen LogP contribution in [0.3, 0.4) is 0 Å². The van der Waals surface area contributed by atoms with Gasteiger partial charge in [0.25, 0.3) is 0 Å². The van der Waals surface area contributed by atoms with Crippen LogP contribution in [0.4, 0.5) is 5.82 Å². The Bertz CT molecular complexity index is 683. The zero-order chi connectivity index (χ0) is 15.6. The van der Waals surface area contributed by atoms with Crippen LogP contribution >= 0.6 is 11.8 Å². The molecule has 0 aliphatic carbocycles. The van der Waals surface area contributed by atoms with Crippen molar-refractivity contribution in [1.82, 2.24) is 15.0 Å². The summed E-state index contributed by atoms with van der Waals surface area (Å²) in [6, 6.07) is 1.94. The van der Waals surface area contributed by atoms with E-state index >= 15 is 0 Å². The fourth-order valence-electron chi connectivity index (χ4n) is 1.55. The minimum Gasteiger partial charge on any atom is -0.444 e. The van der Waals surface area contributed by atoms with E-state index in [2.05, 4.69) is 35.7 Å². The van der Waals surface area contributed by atoms with E-state index in [0.717, 1.165) is 5.76 Å². The standard InChI is InChI=1S/C14H17N5OS/c1-8(12-17-7-10(20-12)14(2,3)4)21-13-18-6-9(5-15)11(16)19-13/h6-8H,1-4H3,(H2,16,18,19). The number of nitrogens with two attached hydrogens (primary N) is 1. The molecule has 2 rings (SSSR count). The first-order valence-corrected chi connectivity index (χ1v) is 7.34. The molecule has 2 heterocycles. The zero-order valence-corrected chi connectivity index (χ0v) is 13.2. The summed E-state index contributed by atoms with van der Waals surface area (Å²) in [5.41, 5.74) is 5.88. The normalized spacial score (nSPS) is 12.9. The second-order valence-electron chi connectivity index (χ2n) is 5.64. The van der Waals surface area contributed by atoms with Crippen LogP contribution in [0.15, 0.2) is 22.0 Å². The summed E-state index contributed by atoms with van der Waals surface area (Å²) in [5.74, 6) is 1.65. The molecular formula is C14H17N5OS. The quantitative estimate of drug-likeness (QED) is 0.686. The van der Waals surface area contributed by atoms with Crippen molar-refractivity contribution in [2.24, 2.45) is 0 Å².